The van der Waals surface area contributed by atoms with Crippen molar-refractivity contribution in [1.29, 1.82) is 0 Å². The van der Waals surface area contributed by atoms with Crippen LogP contribution < -0.4 is 5.73 Å². The minimum Gasteiger partial charge on any atom is -0.338 e. The van der Waals surface area contributed by atoms with Gasteiger partial charge in [0, 0.05) is 18.9 Å². The molecule has 0 aliphatic heterocycles. The van der Waals surface area contributed by atoms with Crippen molar-refractivity contribution in [2.24, 2.45) is 5.73 Å². The molecule has 108 valence electrons. The van der Waals surface area contributed by atoms with E-state index in [0.717, 1.165) is 13.0 Å². The highest BCUT2D eigenvalue weighted by Crippen LogP contribution is 2.13. The summed E-state index contributed by atoms with van der Waals surface area (Å²) in [6.45, 7) is 5.24. The second-order valence-corrected chi connectivity index (χ2v) is 5.58. The predicted octanol–water partition coefficient (Wildman–Crippen LogP) is 1.33. The summed E-state index contributed by atoms with van der Waals surface area (Å²) < 4.78 is 5.22. The smallest absolute Gasteiger partial charge is 0.240 e. The Morgan fingerprint density at radius 3 is 2.60 bits per heavy atom. The van der Waals surface area contributed by atoms with Gasteiger partial charge in [0.2, 0.25) is 5.89 Å². The Morgan fingerprint density at radius 1 is 1.30 bits per heavy atom. The molecule has 0 bridgehead atoms. The third-order valence-corrected chi connectivity index (χ3v) is 2.98. The highest BCUT2D eigenvalue weighted by molar-refractivity contribution is 5.09. The molecule has 0 saturated heterocycles. The van der Waals surface area contributed by atoms with Crippen LogP contribution in [0.3, 0.4) is 0 Å². The van der Waals surface area contributed by atoms with Gasteiger partial charge in [-0.15, -0.1) is 0 Å². The van der Waals surface area contributed by atoms with Gasteiger partial charge in [-0.3, -0.25) is 9.88 Å². The Labute approximate surface area is 119 Å². The van der Waals surface area contributed by atoms with E-state index in [4.69, 9.17) is 10.3 Å². The van der Waals surface area contributed by atoms with Crippen LogP contribution in [0, 0.1) is 0 Å². The molecule has 20 heavy (non-hydrogen) atoms. The fourth-order valence-electron chi connectivity index (χ4n) is 1.76. The van der Waals surface area contributed by atoms with Crippen molar-refractivity contribution in [1.82, 2.24) is 20.0 Å². The summed E-state index contributed by atoms with van der Waals surface area (Å²) in [5.74, 6) is 1.13. The van der Waals surface area contributed by atoms with Gasteiger partial charge in [-0.1, -0.05) is 5.16 Å². The minimum atomic E-state index is -0.572. The van der Waals surface area contributed by atoms with Crippen LogP contribution in [-0.4, -0.2) is 33.6 Å². The van der Waals surface area contributed by atoms with E-state index < -0.39 is 5.54 Å². The summed E-state index contributed by atoms with van der Waals surface area (Å²) in [5, 5.41) is 3.91. The molecule has 0 aliphatic rings. The number of hydrogen-bond donors (Lipinski definition) is 1. The lowest BCUT2D eigenvalue weighted by Crippen LogP contribution is -2.30. The predicted molar refractivity (Wildman–Crippen MR) is 75.8 cm³/mol. The second-order valence-electron chi connectivity index (χ2n) is 5.58. The van der Waals surface area contributed by atoms with E-state index in [9.17, 15) is 0 Å². The Morgan fingerprint density at radius 2 is 2.00 bits per heavy atom. The van der Waals surface area contributed by atoms with Crippen LogP contribution >= 0.6 is 0 Å². The fourth-order valence-corrected chi connectivity index (χ4v) is 1.76. The lowest BCUT2D eigenvalue weighted by molar-refractivity contribution is 0.267. The third-order valence-electron chi connectivity index (χ3n) is 2.98. The van der Waals surface area contributed by atoms with E-state index in [-0.39, 0.29) is 0 Å². The molecule has 0 atom stereocenters. The van der Waals surface area contributed by atoms with Gasteiger partial charge < -0.3 is 10.3 Å². The van der Waals surface area contributed by atoms with Gasteiger partial charge in [-0.2, -0.15) is 4.98 Å². The summed E-state index contributed by atoms with van der Waals surface area (Å²) in [4.78, 5) is 10.5. The van der Waals surface area contributed by atoms with Crippen molar-refractivity contribution >= 4 is 0 Å². The van der Waals surface area contributed by atoms with E-state index in [1.165, 1.54) is 5.56 Å². The number of hydrogen-bond acceptors (Lipinski definition) is 6. The summed E-state index contributed by atoms with van der Waals surface area (Å²) in [5.41, 5.74) is 6.62. The number of nitrogens with zero attached hydrogens (tertiary/aromatic N) is 4. The fraction of sp³-hybridized carbons (Fsp3) is 0.500. The molecule has 0 fully saturated rings. The monoisotopic (exact) mass is 275 g/mol. The lowest BCUT2D eigenvalue weighted by Gasteiger charge is -2.14. The zero-order valence-electron chi connectivity index (χ0n) is 12.2. The SMILES string of the molecule is CN(CCc1ccncc1)Cc1nc(C(C)(C)N)no1. The number of likely N-dealkylation sites (N-methyl/N-ethyl adjacent to an activating group) is 1. The molecule has 2 N–H and O–H groups in total. The molecule has 0 radical (unpaired) electrons. The van der Waals surface area contributed by atoms with Crippen molar-refractivity contribution in [3.05, 3.63) is 41.8 Å². The number of nitrogens with two attached hydrogens (primary N) is 1. The molecule has 0 aliphatic carbocycles. The van der Waals surface area contributed by atoms with Crippen LogP contribution in [-0.2, 0) is 18.5 Å². The summed E-state index contributed by atoms with van der Waals surface area (Å²) in [6.07, 6.45) is 4.58. The quantitative estimate of drug-likeness (QED) is 0.856. The maximum atomic E-state index is 5.93. The van der Waals surface area contributed by atoms with Crippen LogP contribution in [0.1, 0.15) is 31.1 Å². The van der Waals surface area contributed by atoms with Crippen LogP contribution in [0.4, 0.5) is 0 Å². The number of pyridine rings is 1. The molecule has 2 aromatic heterocycles. The van der Waals surface area contributed by atoms with Gasteiger partial charge in [0.15, 0.2) is 5.82 Å². The molecule has 0 unspecified atom stereocenters. The van der Waals surface area contributed by atoms with Gasteiger partial charge in [0.05, 0.1) is 12.1 Å². The molecule has 0 spiro atoms. The Hall–Kier alpha value is -1.79. The largest absolute Gasteiger partial charge is 0.338 e. The zero-order valence-corrected chi connectivity index (χ0v) is 12.2. The molecule has 6 nitrogen and oxygen atoms in total. The number of rotatable bonds is 6. The Bertz CT molecular complexity index is 532. The van der Waals surface area contributed by atoms with Crippen LogP contribution in [0.5, 0.6) is 0 Å². The molecule has 2 rings (SSSR count). The average Bonchev–Trinajstić information content (AvgIpc) is 2.86. The molecule has 2 heterocycles. The van der Waals surface area contributed by atoms with Crippen LogP contribution in [0.25, 0.3) is 0 Å². The summed E-state index contributed by atoms with van der Waals surface area (Å²) in [7, 11) is 2.03. The van der Waals surface area contributed by atoms with E-state index >= 15 is 0 Å². The van der Waals surface area contributed by atoms with Crippen molar-refractivity contribution < 1.29 is 4.52 Å². The van der Waals surface area contributed by atoms with Crippen molar-refractivity contribution in [2.45, 2.75) is 32.4 Å². The number of aromatic nitrogens is 3. The second kappa shape index (κ2) is 6.11. The van der Waals surface area contributed by atoms with Crippen molar-refractivity contribution in [3.63, 3.8) is 0 Å². The molecular formula is C14H21N5O. The molecule has 0 aromatic carbocycles. The van der Waals surface area contributed by atoms with Gasteiger partial charge in [0.25, 0.3) is 0 Å². The first kappa shape index (κ1) is 14.6. The minimum absolute atomic E-state index is 0.537. The van der Waals surface area contributed by atoms with E-state index in [1.54, 1.807) is 0 Å². The first-order chi connectivity index (χ1) is 9.45. The zero-order chi connectivity index (χ0) is 14.6. The normalized spacial score (nSPS) is 12.1. The van der Waals surface area contributed by atoms with Gasteiger partial charge in [-0.05, 0) is 45.0 Å². The van der Waals surface area contributed by atoms with E-state index in [0.29, 0.717) is 18.3 Å². The third kappa shape index (κ3) is 4.11. The molecule has 6 heteroatoms. The van der Waals surface area contributed by atoms with Crippen molar-refractivity contribution in [2.75, 3.05) is 13.6 Å². The highest BCUT2D eigenvalue weighted by atomic mass is 16.5. The van der Waals surface area contributed by atoms with Crippen LogP contribution in [0.15, 0.2) is 29.0 Å². The molecule has 2 aromatic rings. The van der Waals surface area contributed by atoms with Crippen molar-refractivity contribution in [3.8, 4) is 0 Å². The maximum absolute atomic E-state index is 5.93. The van der Waals surface area contributed by atoms with E-state index in [1.807, 2.05) is 45.4 Å². The Kier molecular flexibility index (Phi) is 4.46. The molecular weight excluding hydrogens is 254 g/mol. The van der Waals surface area contributed by atoms with Gasteiger partial charge in [0.1, 0.15) is 0 Å². The summed E-state index contributed by atoms with van der Waals surface area (Å²) >= 11 is 0. The molecule has 0 saturated carbocycles. The van der Waals surface area contributed by atoms with Gasteiger partial charge in [-0.25, -0.2) is 0 Å². The Balaban J connectivity index is 1.85. The summed E-state index contributed by atoms with van der Waals surface area (Å²) in [6, 6.07) is 4.05. The lowest BCUT2D eigenvalue weighted by atomic mass is 10.1. The molecule has 0 amide bonds. The highest BCUT2D eigenvalue weighted by Gasteiger charge is 2.21. The standard InChI is InChI=1S/C14H21N5O/c1-14(2,15)13-17-12(20-18-13)10-19(3)9-6-11-4-7-16-8-5-11/h4-5,7-8H,6,9-10,15H2,1-3H3. The van der Waals surface area contributed by atoms with Gasteiger partial charge >= 0.3 is 0 Å². The topological polar surface area (TPSA) is 81.1 Å². The van der Waals surface area contributed by atoms with E-state index in [2.05, 4.69) is 20.0 Å². The maximum Gasteiger partial charge on any atom is 0.240 e. The first-order valence-corrected chi connectivity index (χ1v) is 6.64. The average molecular weight is 275 g/mol. The first-order valence-electron chi connectivity index (χ1n) is 6.64. The van der Waals surface area contributed by atoms with Crippen LogP contribution in [0.2, 0.25) is 0 Å².